The first kappa shape index (κ1) is 19.5. The molecule has 3 rings (SSSR count). The molecule has 146 valence electrons. The first-order chi connectivity index (χ1) is 13.3. The number of nitrogens with zero attached hydrogens (tertiary/aromatic N) is 2. The zero-order valence-electron chi connectivity index (χ0n) is 15.7. The van der Waals surface area contributed by atoms with E-state index in [-0.39, 0.29) is 23.1 Å². The van der Waals surface area contributed by atoms with E-state index in [1.807, 2.05) is 26.8 Å². The fourth-order valence-corrected chi connectivity index (χ4v) is 2.70. The Morgan fingerprint density at radius 1 is 1.18 bits per heavy atom. The second kappa shape index (κ2) is 7.75. The Bertz CT molecular complexity index is 1060. The van der Waals surface area contributed by atoms with E-state index in [0.29, 0.717) is 11.7 Å². The summed E-state index contributed by atoms with van der Waals surface area (Å²) >= 11 is 0. The number of imidazole rings is 1. The number of halogens is 2. The van der Waals surface area contributed by atoms with Crippen molar-refractivity contribution >= 4 is 23.3 Å². The van der Waals surface area contributed by atoms with Crippen LogP contribution in [0.5, 0.6) is 0 Å². The van der Waals surface area contributed by atoms with Gasteiger partial charge < -0.3 is 10.6 Å². The number of hydrogen-bond acceptors (Lipinski definition) is 3. The third kappa shape index (κ3) is 3.85. The van der Waals surface area contributed by atoms with Crippen LogP contribution in [0, 0.1) is 18.6 Å². The summed E-state index contributed by atoms with van der Waals surface area (Å²) in [4.78, 5) is 29.6. The average molecular weight is 386 g/mol. The summed E-state index contributed by atoms with van der Waals surface area (Å²) in [6.07, 6.45) is 2.45. The molecule has 2 N–H and O–H groups in total. The van der Waals surface area contributed by atoms with Gasteiger partial charge in [0.05, 0.1) is 5.56 Å². The number of fused-ring (bicyclic) bond motifs is 1. The Morgan fingerprint density at radius 2 is 1.93 bits per heavy atom. The van der Waals surface area contributed by atoms with Gasteiger partial charge in [0.15, 0.2) is 11.5 Å². The predicted molar refractivity (Wildman–Crippen MR) is 101 cm³/mol. The van der Waals surface area contributed by atoms with Crippen molar-refractivity contribution in [2.75, 3.05) is 5.32 Å². The summed E-state index contributed by atoms with van der Waals surface area (Å²) in [6.45, 7) is 5.66. The largest absolute Gasteiger partial charge is 0.348 e. The van der Waals surface area contributed by atoms with Crippen LogP contribution < -0.4 is 10.6 Å². The highest BCUT2D eigenvalue weighted by atomic mass is 19.1. The molecule has 0 aliphatic carbocycles. The van der Waals surface area contributed by atoms with Crippen LogP contribution in [0.25, 0.3) is 5.65 Å². The van der Waals surface area contributed by atoms with Crippen LogP contribution in [0.2, 0.25) is 0 Å². The molecule has 2 amide bonds. The maximum atomic E-state index is 13.9. The van der Waals surface area contributed by atoms with E-state index < -0.39 is 23.4 Å². The molecule has 1 aromatic carbocycles. The van der Waals surface area contributed by atoms with Gasteiger partial charge >= 0.3 is 0 Å². The van der Waals surface area contributed by atoms with Crippen molar-refractivity contribution in [3.8, 4) is 0 Å². The second-order valence-corrected chi connectivity index (χ2v) is 6.60. The average Bonchev–Trinajstić information content (AvgIpc) is 2.98. The van der Waals surface area contributed by atoms with Gasteiger partial charge in [0.2, 0.25) is 0 Å². The van der Waals surface area contributed by atoms with E-state index in [4.69, 9.17) is 0 Å². The number of anilines is 1. The van der Waals surface area contributed by atoms with Gasteiger partial charge in [-0.25, -0.2) is 13.8 Å². The van der Waals surface area contributed by atoms with Crippen LogP contribution in [0.1, 0.15) is 46.7 Å². The van der Waals surface area contributed by atoms with Crippen LogP contribution >= 0.6 is 0 Å². The molecule has 2 aromatic heterocycles. The predicted octanol–water partition coefficient (Wildman–Crippen LogP) is 3.70. The van der Waals surface area contributed by atoms with Gasteiger partial charge in [0, 0.05) is 18.3 Å². The highest BCUT2D eigenvalue weighted by molar-refractivity contribution is 6.08. The Hall–Kier alpha value is -3.29. The lowest BCUT2D eigenvalue weighted by Gasteiger charge is -2.12. The fraction of sp³-hybridized carbons (Fsp3) is 0.250. The van der Waals surface area contributed by atoms with Gasteiger partial charge in [0.1, 0.15) is 17.3 Å². The number of pyridine rings is 1. The van der Waals surface area contributed by atoms with Crippen LogP contribution in [0.3, 0.4) is 0 Å². The first-order valence-electron chi connectivity index (χ1n) is 8.86. The van der Waals surface area contributed by atoms with Crippen LogP contribution in [0.4, 0.5) is 14.6 Å². The molecule has 0 saturated carbocycles. The first-order valence-corrected chi connectivity index (χ1v) is 8.86. The molecule has 2 heterocycles. The molecule has 8 heteroatoms. The quantitative estimate of drug-likeness (QED) is 0.702. The fourth-order valence-electron chi connectivity index (χ4n) is 2.70. The molecule has 0 aliphatic heterocycles. The van der Waals surface area contributed by atoms with E-state index in [2.05, 4.69) is 15.6 Å². The van der Waals surface area contributed by atoms with Crippen molar-refractivity contribution in [1.29, 1.82) is 0 Å². The van der Waals surface area contributed by atoms with Crippen molar-refractivity contribution in [3.05, 3.63) is 65.0 Å². The zero-order chi connectivity index (χ0) is 20.4. The zero-order valence-corrected chi connectivity index (χ0v) is 15.7. The molecule has 0 saturated heterocycles. The monoisotopic (exact) mass is 386 g/mol. The van der Waals surface area contributed by atoms with Gasteiger partial charge in [-0.1, -0.05) is 13.0 Å². The Labute approximate surface area is 160 Å². The number of carbonyl (C=O) groups excluding carboxylic acids is 2. The smallest absolute Gasteiger partial charge is 0.272 e. The van der Waals surface area contributed by atoms with Gasteiger partial charge in [-0.3, -0.25) is 14.0 Å². The summed E-state index contributed by atoms with van der Waals surface area (Å²) in [7, 11) is 0. The molecule has 0 fully saturated rings. The molecule has 3 aromatic rings. The van der Waals surface area contributed by atoms with E-state index in [1.54, 1.807) is 16.7 Å². The van der Waals surface area contributed by atoms with E-state index in [1.165, 1.54) is 0 Å². The SMILES string of the molecule is CCC(C)NC(=O)c1c(NC(=O)c2ccc(F)cc2F)nc2ccc(C)cn12. The molecule has 0 bridgehead atoms. The summed E-state index contributed by atoms with van der Waals surface area (Å²) < 4.78 is 28.6. The van der Waals surface area contributed by atoms with Crippen LogP contribution in [0.15, 0.2) is 36.5 Å². The number of rotatable bonds is 5. The lowest BCUT2D eigenvalue weighted by atomic mass is 10.2. The van der Waals surface area contributed by atoms with Gasteiger partial charge in [0.25, 0.3) is 11.8 Å². The topological polar surface area (TPSA) is 75.5 Å². The molecule has 0 spiro atoms. The normalized spacial score (nSPS) is 12.0. The Morgan fingerprint density at radius 3 is 2.61 bits per heavy atom. The maximum absolute atomic E-state index is 13.9. The van der Waals surface area contributed by atoms with Gasteiger partial charge in [-0.15, -0.1) is 0 Å². The third-order valence-electron chi connectivity index (χ3n) is 4.38. The molecule has 0 aliphatic rings. The minimum Gasteiger partial charge on any atom is -0.348 e. The lowest BCUT2D eigenvalue weighted by Crippen LogP contribution is -2.33. The van der Waals surface area contributed by atoms with Crippen molar-refractivity contribution in [2.45, 2.75) is 33.2 Å². The highest BCUT2D eigenvalue weighted by Crippen LogP contribution is 2.21. The highest BCUT2D eigenvalue weighted by Gasteiger charge is 2.23. The number of aryl methyl sites for hydroxylation is 1. The number of aromatic nitrogens is 2. The minimum atomic E-state index is -0.997. The van der Waals surface area contributed by atoms with Gasteiger partial charge in [-0.05, 0) is 44.0 Å². The molecular formula is C20H20F2N4O2. The maximum Gasteiger partial charge on any atom is 0.272 e. The molecule has 28 heavy (non-hydrogen) atoms. The number of nitrogens with one attached hydrogen (secondary N) is 2. The van der Waals surface area contributed by atoms with E-state index in [0.717, 1.165) is 24.1 Å². The Balaban J connectivity index is 2.03. The van der Waals surface area contributed by atoms with Crippen LogP contribution in [-0.2, 0) is 0 Å². The van der Waals surface area contributed by atoms with Gasteiger partial charge in [-0.2, -0.15) is 0 Å². The van der Waals surface area contributed by atoms with Crippen molar-refractivity contribution in [1.82, 2.24) is 14.7 Å². The number of benzene rings is 1. The van der Waals surface area contributed by atoms with Crippen LogP contribution in [-0.4, -0.2) is 27.2 Å². The number of carbonyl (C=O) groups is 2. The van der Waals surface area contributed by atoms with Crippen molar-refractivity contribution in [3.63, 3.8) is 0 Å². The Kier molecular flexibility index (Phi) is 5.39. The number of hydrogen-bond donors (Lipinski definition) is 2. The second-order valence-electron chi connectivity index (χ2n) is 6.60. The van der Waals surface area contributed by atoms with E-state index in [9.17, 15) is 18.4 Å². The molecule has 1 atom stereocenters. The summed E-state index contributed by atoms with van der Waals surface area (Å²) in [5.41, 5.74) is 1.14. The third-order valence-corrected chi connectivity index (χ3v) is 4.38. The van der Waals surface area contributed by atoms with Crippen molar-refractivity contribution < 1.29 is 18.4 Å². The summed E-state index contributed by atoms with van der Waals surface area (Å²) in [6, 6.07) is 6.10. The minimum absolute atomic E-state index is 0.000119. The molecular weight excluding hydrogens is 366 g/mol. The molecule has 6 nitrogen and oxygen atoms in total. The number of amides is 2. The lowest BCUT2D eigenvalue weighted by molar-refractivity contribution is 0.0934. The molecule has 0 radical (unpaired) electrons. The molecule has 1 unspecified atom stereocenters. The van der Waals surface area contributed by atoms with E-state index >= 15 is 0 Å². The van der Waals surface area contributed by atoms with Crippen molar-refractivity contribution in [2.24, 2.45) is 0 Å². The summed E-state index contributed by atoms with van der Waals surface area (Å²) in [5, 5.41) is 5.32. The standard InChI is InChI=1S/C20H20F2N4O2/c1-4-12(3)23-20(28)17-18(24-16-8-5-11(2)10-26(16)17)25-19(27)14-7-6-13(21)9-15(14)22/h5-10,12H,4H2,1-3H3,(H,23,28)(H,25,27). The summed E-state index contributed by atoms with van der Waals surface area (Å²) in [5.74, 6) is -3.02.